The molecule has 7 nitrogen and oxygen atoms in total. The van der Waals surface area contributed by atoms with E-state index < -0.39 is 5.91 Å². The van der Waals surface area contributed by atoms with Crippen LogP contribution in [0.4, 0.5) is 0 Å². The third-order valence-electron chi connectivity index (χ3n) is 3.27. The number of hydrogen-bond donors (Lipinski definition) is 1. The molecule has 0 bridgehead atoms. The molecular weight excluding hydrogens is 360 g/mol. The summed E-state index contributed by atoms with van der Waals surface area (Å²) in [5.74, 6) is 0.586. The Hall–Kier alpha value is -2.52. The van der Waals surface area contributed by atoms with Crippen molar-refractivity contribution in [1.29, 1.82) is 0 Å². The molecule has 3 rings (SSSR count). The number of amides is 1. The molecule has 0 spiro atoms. The first kappa shape index (κ1) is 17.3. The summed E-state index contributed by atoms with van der Waals surface area (Å²) < 4.78 is 5.14. The van der Waals surface area contributed by atoms with Gasteiger partial charge in [-0.3, -0.25) is 9.59 Å². The fraction of sp³-hybridized carbons (Fsp3) is 0.188. The Morgan fingerprint density at radius 1 is 1.16 bits per heavy atom. The largest absolute Gasteiger partial charge is 0.481 e. The van der Waals surface area contributed by atoms with Crippen molar-refractivity contribution in [2.24, 2.45) is 5.73 Å². The van der Waals surface area contributed by atoms with Gasteiger partial charge in [-0.05, 0) is 25.1 Å². The third-order valence-corrected chi connectivity index (χ3v) is 5.37. The predicted molar refractivity (Wildman–Crippen MR) is 96.5 cm³/mol. The fourth-order valence-electron chi connectivity index (χ4n) is 2.12. The van der Waals surface area contributed by atoms with Crippen LogP contribution >= 0.6 is 23.1 Å². The number of aryl methyl sites for hydroxylation is 1. The summed E-state index contributed by atoms with van der Waals surface area (Å²) in [6.45, 7) is 1.79. The number of rotatable bonds is 6. The lowest BCUT2D eigenvalue weighted by Crippen LogP contribution is -2.08. The quantitative estimate of drug-likeness (QED) is 0.401. The summed E-state index contributed by atoms with van der Waals surface area (Å²) in [7, 11) is 1.53. The predicted octanol–water partition coefficient (Wildman–Crippen LogP) is 2.48. The highest BCUT2D eigenvalue weighted by atomic mass is 32.2. The molecule has 0 aromatic carbocycles. The van der Waals surface area contributed by atoms with Crippen molar-refractivity contribution in [1.82, 2.24) is 15.0 Å². The molecule has 0 saturated heterocycles. The second-order valence-electron chi connectivity index (χ2n) is 5.04. The topological polar surface area (TPSA) is 108 Å². The Bertz CT molecular complexity index is 971. The average Bonchev–Trinajstić information content (AvgIpc) is 3.09. The molecule has 0 radical (unpaired) electrons. The van der Waals surface area contributed by atoms with E-state index in [1.54, 1.807) is 31.2 Å². The summed E-state index contributed by atoms with van der Waals surface area (Å²) in [6.07, 6.45) is 0. The molecule has 128 valence electrons. The molecule has 0 aliphatic rings. The minimum absolute atomic E-state index is 0.102. The van der Waals surface area contributed by atoms with E-state index in [0.717, 1.165) is 11.3 Å². The number of nitrogens with two attached hydrogens (primary N) is 1. The summed E-state index contributed by atoms with van der Waals surface area (Å²) in [4.78, 5) is 37.4. The number of hydrogen-bond acceptors (Lipinski definition) is 8. The number of Topliss-reactive ketones (excluding diaryl/α,β-unsaturated/α-hetero) is 1. The zero-order valence-corrected chi connectivity index (χ0v) is 15.1. The standard InChI is InChI=1S/C16H14N4O3S2/c1-8-18-9-3-6-13(23-2)20-14(9)16(19-8)24-7-10(21)11-4-5-12(25-11)15(17)22/h3-6H,7H2,1-2H3,(H2,17,22). The van der Waals surface area contributed by atoms with Gasteiger partial charge in [0.1, 0.15) is 16.4 Å². The number of fused-ring (bicyclic) bond motifs is 1. The van der Waals surface area contributed by atoms with Crippen LogP contribution < -0.4 is 10.5 Å². The highest BCUT2D eigenvalue weighted by Crippen LogP contribution is 2.27. The van der Waals surface area contributed by atoms with Crippen LogP contribution in [0.15, 0.2) is 29.3 Å². The molecule has 0 aliphatic carbocycles. The maximum atomic E-state index is 12.3. The van der Waals surface area contributed by atoms with Gasteiger partial charge < -0.3 is 10.5 Å². The van der Waals surface area contributed by atoms with E-state index in [1.807, 2.05) is 0 Å². The first-order valence-electron chi connectivity index (χ1n) is 7.23. The van der Waals surface area contributed by atoms with Crippen LogP contribution in [-0.2, 0) is 0 Å². The van der Waals surface area contributed by atoms with Gasteiger partial charge in [0.2, 0.25) is 5.88 Å². The van der Waals surface area contributed by atoms with Gasteiger partial charge in [-0.15, -0.1) is 11.3 Å². The van der Waals surface area contributed by atoms with E-state index in [9.17, 15) is 9.59 Å². The van der Waals surface area contributed by atoms with Crippen LogP contribution in [0.25, 0.3) is 11.0 Å². The van der Waals surface area contributed by atoms with Crippen molar-refractivity contribution in [2.75, 3.05) is 12.9 Å². The number of methoxy groups -OCH3 is 1. The normalized spacial score (nSPS) is 10.8. The van der Waals surface area contributed by atoms with Gasteiger partial charge in [-0.1, -0.05) is 11.8 Å². The second-order valence-corrected chi connectivity index (χ2v) is 7.09. The van der Waals surface area contributed by atoms with E-state index in [2.05, 4.69) is 15.0 Å². The highest BCUT2D eigenvalue weighted by Gasteiger charge is 2.15. The Labute approximate surface area is 151 Å². The SMILES string of the molecule is COc1ccc2nc(C)nc(SCC(=O)c3ccc(C(N)=O)s3)c2n1. The average molecular weight is 374 g/mol. The Balaban J connectivity index is 1.84. The van der Waals surface area contributed by atoms with Crippen molar-refractivity contribution in [2.45, 2.75) is 11.9 Å². The van der Waals surface area contributed by atoms with Crippen molar-refractivity contribution in [3.8, 4) is 5.88 Å². The summed E-state index contributed by atoms with van der Waals surface area (Å²) in [5.41, 5.74) is 6.50. The zero-order valence-electron chi connectivity index (χ0n) is 13.5. The molecule has 0 fully saturated rings. The van der Waals surface area contributed by atoms with Crippen molar-refractivity contribution >= 4 is 45.8 Å². The lowest BCUT2D eigenvalue weighted by Gasteiger charge is -2.06. The number of primary amides is 1. The molecule has 1 amide bonds. The number of ether oxygens (including phenoxy) is 1. The summed E-state index contributed by atoms with van der Waals surface area (Å²) in [6, 6.07) is 6.70. The molecule has 2 N–H and O–H groups in total. The first-order chi connectivity index (χ1) is 12.0. The van der Waals surface area contributed by atoms with E-state index in [4.69, 9.17) is 10.5 Å². The van der Waals surface area contributed by atoms with Crippen molar-refractivity contribution in [3.05, 3.63) is 39.8 Å². The van der Waals surface area contributed by atoms with Crippen LogP contribution in [0.3, 0.4) is 0 Å². The van der Waals surface area contributed by atoms with Crippen molar-refractivity contribution < 1.29 is 14.3 Å². The molecule has 3 heterocycles. The minimum atomic E-state index is -0.537. The molecule has 25 heavy (non-hydrogen) atoms. The van der Waals surface area contributed by atoms with Gasteiger partial charge in [0.15, 0.2) is 5.78 Å². The Kier molecular flexibility index (Phi) is 4.95. The lowest BCUT2D eigenvalue weighted by molar-refractivity contribution is 0.100. The number of nitrogens with zero attached hydrogens (tertiary/aromatic N) is 3. The summed E-state index contributed by atoms with van der Waals surface area (Å²) >= 11 is 2.37. The number of carbonyl (C=O) groups is 2. The van der Waals surface area contributed by atoms with E-state index in [1.165, 1.54) is 18.9 Å². The first-order valence-corrected chi connectivity index (χ1v) is 9.03. The lowest BCUT2D eigenvalue weighted by atomic mass is 10.3. The van der Waals surface area contributed by atoms with Gasteiger partial charge in [-0.25, -0.2) is 15.0 Å². The maximum absolute atomic E-state index is 12.3. The van der Waals surface area contributed by atoms with E-state index in [0.29, 0.717) is 37.5 Å². The smallest absolute Gasteiger partial charge is 0.258 e. The number of thiophene rings is 1. The number of pyridine rings is 1. The Morgan fingerprint density at radius 2 is 1.92 bits per heavy atom. The molecule has 3 aromatic heterocycles. The third kappa shape index (κ3) is 3.77. The van der Waals surface area contributed by atoms with Crippen molar-refractivity contribution in [3.63, 3.8) is 0 Å². The number of aromatic nitrogens is 3. The molecule has 3 aromatic rings. The fourth-order valence-corrected chi connectivity index (χ4v) is 3.91. The van der Waals surface area contributed by atoms with Crippen LogP contribution in [0.5, 0.6) is 5.88 Å². The van der Waals surface area contributed by atoms with Crippen LogP contribution in [-0.4, -0.2) is 39.5 Å². The minimum Gasteiger partial charge on any atom is -0.481 e. The molecule has 0 atom stereocenters. The maximum Gasteiger partial charge on any atom is 0.258 e. The monoisotopic (exact) mass is 374 g/mol. The van der Waals surface area contributed by atoms with Gasteiger partial charge >= 0.3 is 0 Å². The Morgan fingerprint density at radius 3 is 2.60 bits per heavy atom. The zero-order chi connectivity index (χ0) is 18.0. The second kappa shape index (κ2) is 7.16. The van der Waals surface area contributed by atoms with E-state index >= 15 is 0 Å². The molecule has 0 aliphatic heterocycles. The van der Waals surface area contributed by atoms with Crippen LogP contribution in [0.2, 0.25) is 0 Å². The number of carbonyl (C=O) groups excluding carboxylic acids is 2. The van der Waals surface area contributed by atoms with Crippen LogP contribution in [0, 0.1) is 6.92 Å². The van der Waals surface area contributed by atoms with Gasteiger partial charge in [-0.2, -0.15) is 0 Å². The van der Waals surface area contributed by atoms with Gasteiger partial charge in [0.05, 0.1) is 28.1 Å². The molecular formula is C16H14N4O3S2. The molecule has 0 unspecified atom stereocenters. The summed E-state index contributed by atoms with van der Waals surface area (Å²) in [5, 5.41) is 0.612. The molecule has 9 heteroatoms. The number of ketones is 1. The highest BCUT2D eigenvalue weighted by molar-refractivity contribution is 8.00. The van der Waals surface area contributed by atoms with E-state index in [-0.39, 0.29) is 11.5 Å². The number of thioether (sulfide) groups is 1. The van der Waals surface area contributed by atoms with Gasteiger partial charge in [0, 0.05) is 6.07 Å². The van der Waals surface area contributed by atoms with Gasteiger partial charge in [0.25, 0.3) is 5.91 Å². The van der Waals surface area contributed by atoms with Crippen LogP contribution in [0.1, 0.15) is 25.2 Å². The molecule has 0 saturated carbocycles.